The van der Waals surface area contributed by atoms with Crippen LogP contribution in [-0.2, 0) is 24.3 Å². The molecule has 0 saturated carbocycles. The fourth-order valence-corrected chi connectivity index (χ4v) is 3.53. The summed E-state index contributed by atoms with van der Waals surface area (Å²) in [5.74, 6) is -1.16. The molecule has 0 bridgehead atoms. The van der Waals surface area contributed by atoms with Gasteiger partial charge in [0.15, 0.2) is 6.10 Å². The lowest BCUT2D eigenvalue weighted by molar-refractivity contribution is -0.128. The van der Waals surface area contributed by atoms with Crippen LogP contribution in [0.15, 0.2) is 41.8 Å². The van der Waals surface area contributed by atoms with Crippen LogP contribution in [0.1, 0.15) is 30.1 Å². The van der Waals surface area contributed by atoms with Crippen molar-refractivity contribution in [3.63, 3.8) is 0 Å². The van der Waals surface area contributed by atoms with Gasteiger partial charge >= 0.3 is 5.97 Å². The molecule has 2 atom stereocenters. The molecule has 8 nitrogen and oxygen atoms in total. The van der Waals surface area contributed by atoms with Crippen LogP contribution in [0.2, 0.25) is 0 Å². The van der Waals surface area contributed by atoms with E-state index in [1.165, 1.54) is 37.3 Å². The average Bonchev–Trinajstić information content (AvgIpc) is 3.18. The smallest absolute Gasteiger partial charge is 0.338 e. The minimum atomic E-state index is -3.69. The summed E-state index contributed by atoms with van der Waals surface area (Å²) in [5, 5.41) is 2.52. The zero-order chi connectivity index (χ0) is 19.9. The molecule has 0 aliphatic carbocycles. The monoisotopic (exact) mass is 396 g/mol. The molecule has 1 aliphatic heterocycles. The van der Waals surface area contributed by atoms with E-state index in [0.717, 1.165) is 12.8 Å². The number of benzene rings is 1. The van der Waals surface area contributed by atoms with Crippen molar-refractivity contribution in [2.75, 3.05) is 19.7 Å². The third-order valence-corrected chi connectivity index (χ3v) is 5.44. The topological polar surface area (TPSA) is 111 Å². The molecule has 2 N–H and O–H groups in total. The molecule has 9 heteroatoms. The fraction of sp³-hybridized carbons (Fsp3) is 0.444. The molecule has 0 unspecified atom stereocenters. The van der Waals surface area contributed by atoms with E-state index in [2.05, 4.69) is 16.6 Å². The normalized spacial score (nSPS) is 17.9. The zero-order valence-electron chi connectivity index (χ0n) is 15.1. The van der Waals surface area contributed by atoms with Gasteiger partial charge in [-0.1, -0.05) is 6.08 Å². The molecule has 1 aromatic carbocycles. The first kappa shape index (κ1) is 21.1. The maximum absolute atomic E-state index is 12.3. The summed E-state index contributed by atoms with van der Waals surface area (Å²) in [6.07, 6.45) is 2.18. The second-order valence-corrected chi connectivity index (χ2v) is 7.86. The van der Waals surface area contributed by atoms with Crippen molar-refractivity contribution in [2.24, 2.45) is 0 Å². The maximum atomic E-state index is 12.3. The number of carbonyl (C=O) groups excluding carboxylic acids is 2. The second kappa shape index (κ2) is 9.63. The van der Waals surface area contributed by atoms with Crippen LogP contribution < -0.4 is 10.0 Å². The Morgan fingerprint density at radius 2 is 2.07 bits per heavy atom. The van der Waals surface area contributed by atoms with E-state index in [1.807, 2.05) is 0 Å². The van der Waals surface area contributed by atoms with Gasteiger partial charge in [0.05, 0.1) is 16.6 Å². The highest BCUT2D eigenvalue weighted by atomic mass is 32.2. The van der Waals surface area contributed by atoms with Crippen LogP contribution in [0.25, 0.3) is 0 Å². The Morgan fingerprint density at radius 1 is 1.37 bits per heavy atom. The van der Waals surface area contributed by atoms with E-state index >= 15 is 0 Å². The van der Waals surface area contributed by atoms with E-state index in [-0.39, 0.29) is 29.7 Å². The molecule has 1 fully saturated rings. The van der Waals surface area contributed by atoms with Gasteiger partial charge in [0.2, 0.25) is 10.0 Å². The number of hydrogen-bond donors (Lipinski definition) is 2. The van der Waals surface area contributed by atoms with E-state index in [4.69, 9.17) is 9.47 Å². The lowest BCUT2D eigenvalue weighted by Crippen LogP contribution is -2.35. The Balaban J connectivity index is 1.93. The third kappa shape index (κ3) is 6.16. The summed E-state index contributed by atoms with van der Waals surface area (Å²) in [5.41, 5.74) is 0.149. The Labute approximate surface area is 159 Å². The van der Waals surface area contributed by atoms with Gasteiger partial charge in [0.25, 0.3) is 5.91 Å². The van der Waals surface area contributed by atoms with Crippen molar-refractivity contribution in [2.45, 2.75) is 36.9 Å². The molecule has 1 aromatic rings. The first-order chi connectivity index (χ1) is 12.8. The summed E-state index contributed by atoms with van der Waals surface area (Å²) in [7, 11) is -3.69. The highest BCUT2D eigenvalue weighted by molar-refractivity contribution is 7.89. The molecule has 27 heavy (non-hydrogen) atoms. The van der Waals surface area contributed by atoms with Crippen molar-refractivity contribution < 1.29 is 27.5 Å². The van der Waals surface area contributed by atoms with Gasteiger partial charge in [0, 0.05) is 19.7 Å². The summed E-state index contributed by atoms with van der Waals surface area (Å²) in [6.45, 7) is 6.06. The number of sulfonamides is 1. The average molecular weight is 396 g/mol. The molecular weight excluding hydrogens is 372 g/mol. The van der Waals surface area contributed by atoms with Gasteiger partial charge in [0.1, 0.15) is 0 Å². The molecule has 0 spiro atoms. The van der Waals surface area contributed by atoms with E-state index < -0.39 is 28.0 Å². The number of amides is 1. The van der Waals surface area contributed by atoms with Crippen molar-refractivity contribution >= 4 is 21.9 Å². The van der Waals surface area contributed by atoms with Gasteiger partial charge in [-0.3, -0.25) is 4.79 Å². The zero-order valence-corrected chi connectivity index (χ0v) is 16.0. The van der Waals surface area contributed by atoms with Crippen molar-refractivity contribution in [3.05, 3.63) is 42.5 Å². The largest absolute Gasteiger partial charge is 0.449 e. The second-order valence-electron chi connectivity index (χ2n) is 6.09. The first-order valence-electron chi connectivity index (χ1n) is 8.64. The first-order valence-corrected chi connectivity index (χ1v) is 10.1. The van der Waals surface area contributed by atoms with Crippen LogP contribution >= 0.6 is 0 Å². The predicted octanol–water partition coefficient (Wildman–Crippen LogP) is 0.991. The quantitative estimate of drug-likeness (QED) is 0.476. The van der Waals surface area contributed by atoms with Crippen molar-refractivity contribution in [1.82, 2.24) is 10.0 Å². The molecule has 1 aliphatic rings. The molecule has 0 radical (unpaired) electrons. The van der Waals surface area contributed by atoms with Crippen molar-refractivity contribution in [3.8, 4) is 0 Å². The van der Waals surface area contributed by atoms with E-state index in [1.54, 1.807) is 0 Å². The maximum Gasteiger partial charge on any atom is 0.338 e. The standard InChI is InChI=1S/C18H24N2O6S/c1-3-10-19-17(21)13(2)26-18(22)14-6-8-16(9-7-14)27(23,24)20-12-15-5-4-11-25-15/h3,6-9,13,15,20H,1,4-5,10-12H2,2H3,(H,19,21)/t13-,15-/m1/s1. The van der Waals surface area contributed by atoms with Crippen LogP contribution in [0.4, 0.5) is 0 Å². The Kier molecular flexibility index (Phi) is 7.52. The van der Waals surface area contributed by atoms with Gasteiger partial charge < -0.3 is 14.8 Å². The number of nitrogens with one attached hydrogen (secondary N) is 2. The lowest BCUT2D eigenvalue weighted by Gasteiger charge is -2.13. The van der Waals surface area contributed by atoms with Gasteiger partial charge in [-0.2, -0.15) is 0 Å². The SMILES string of the molecule is C=CCNC(=O)[C@@H](C)OC(=O)c1ccc(S(=O)(=O)NC[C@H]2CCCO2)cc1. The number of hydrogen-bond acceptors (Lipinski definition) is 6. The summed E-state index contributed by atoms with van der Waals surface area (Å²) >= 11 is 0. The third-order valence-electron chi connectivity index (χ3n) is 4.00. The molecular formula is C18H24N2O6S. The highest BCUT2D eigenvalue weighted by Gasteiger charge is 2.22. The molecule has 1 heterocycles. The number of esters is 1. The summed E-state index contributed by atoms with van der Waals surface area (Å²) < 4.78 is 37.5. The number of carbonyl (C=O) groups is 2. The van der Waals surface area contributed by atoms with Gasteiger partial charge in [-0.15, -0.1) is 6.58 Å². The van der Waals surface area contributed by atoms with Gasteiger partial charge in [-0.05, 0) is 44.0 Å². The molecule has 0 aromatic heterocycles. The van der Waals surface area contributed by atoms with E-state index in [9.17, 15) is 18.0 Å². The summed E-state index contributed by atoms with van der Waals surface area (Å²) in [4.78, 5) is 23.8. The van der Waals surface area contributed by atoms with Crippen LogP contribution in [0, 0.1) is 0 Å². The minimum absolute atomic E-state index is 0.0359. The fourth-order valence-electron chi connectivity index (χ4n) is 2.46. The molecule has 1 amide bonds. The van der Waals surface area contributed by atoms with Gasteiger partial charge in [-0.25, -0.2) is 17.9 Å². The summed E-state index contributed by atoms with van der Waals surface area (Å²) in [6, 6.07) is 5.32. The number of rotatable bonds is 9. The lowest BCUT2D eigenvalue weighted by atomic mass is 10.2. The Hall–Kier alpha value is -2.23. The van der Waals surface area contributed by atoms with E-state index in [0.29, 0.717) is 6.61 Å². The van der Waals surface area contributed by atoms with Crippen LogP contribution in [0.5, 0.6) is 0 Å². The molecule has 1 saturated heterocycles. The predicted molar refractivity (Wildman–Crippen MR) is 98.7 cm³/mol. The van der Waals surface area contributed by atoms with Crippen LogP contribution in [-0.4, -0.2) is 52.2 Å². The molecule has 2 rings (SSSR count). The number of ether oxygens (including phenoxy) is 2. The Morgan fingerprint density at radius 3 is 2.67 bits per heavy atom. The Bertz CT molecular complexity index is 770. The highest BCUT2D eigenvalue weighted by Crippen LogP contribution is 2.14. The van der Waals surface area contributed by atoms with Crippen LogP contribution in [0.3, 0.4) is 0 Å². The minimum Gasteiger partial charge on any atom is -0.449 e. The molecule has 148 valence electrons. The van der Waals surface area contributed by atoms with Crippen molar-refractivity contribution in [1.29, 1.82) is 0 Å².